The Kier molecular flexibility index (Phi) is 4.54. The first kappa shape index (κ1) is 11.7. The normalized spacial score (nSPS) is 15.4. The van der Waals surface area contributed by atoms with Crippen molar-refractivity contribution in [3.05, 3.63) is 21.9 Å². The van der Waals surface area contributed by atoms with Crippen LogP contribution in [0.2, 0.25) is 0 Å². The molecule has 14 heavy (non-hydrogen) atoms. The highest BCUT2D eigenvalue weighted by Crippen LogP contribution is 2.25. The molecule has 1 aromatic rings. The van der Waals surface area contributed by atoms with Gasteiger partial charge >= 0.3 is 0 Å². The maximum absolute atomic E-state index is 5.53. The predicted octanol–water partition coefficient (Wildman–Crippen LogP) is 1.99. The van der Waals surface area contributed by atoms with Gasteiger partial charge in [0.2, 0.25) is 0 Å². The van der Waals surface area contributed by atoms with Gasteiger partial charge in [-0.05, 0) is 37.3 Å². The highest BCUT2D eigenvalue weighted by atomic mass is 32.1. The number of rotatable bonds is 5. The minimum Gasteiger partial charge on any atom is -0.382 e. The Hall–Kier alpha value is -0.420. The zero-order valence-electron chi connectivity index (χ0n) is 8.91. The number of hydrogen-bond acceptors (Lipinski definition) is 4. The highest BCUT2D eigenvalue weighted by Gasteiger charge is 2.15. The van der Waals surface area contributed by atoms with Crippen molar-refractivity contribution in [3.63, 3.8) is 0 Å². The fourth-order valence-corrected chi connectivity index (χ4v) is 2.23. The van der Waals surface area contributed by atoms with Gasteiger partial charge in [0.25, 0.3) is 0 Å². The molecule has 0 spiro atoms. The lowest BCUT2D eigenvalue weighted by Gasteiger charge is -2.19. The summed E-state index contributed by atoms with van der Waals surface area (Å²) >= 11 is 1.75. The van der Waals surface area contributed by atoms with Crippen LogP contribution in [0.3, 0.4) is 0 Å². The monoisotopic (exact) mass is 214 g/mol. The van der Waals surface area contributed by atoms with Crippen LogP contribution in [-0.4, -0.2) is 13.2 Å². The van der Waals surface area contributed by atoms with E-state index in [1.54, 1.807) is 18.4 Å². The average Bonchev–Trinajstić information content (AvgIpc) is 2.60. The Balaban J connectivity index is 2.67. The van der Waals surface area contributed by atoms with E-state index in [2.05, 4.69) is 23.8 Å². The lowest BCUT2D eigenvalue weighted by atomic mass is 10.0. The van der Waals surface area contributed by atoms with Gasteiger partial charge in [-0.3, -0.25) is 11.3 Å². The maximum Gasteiger partial charge on any atom is 0.0561 e. The van der Waals surface area contributed by atoms with Crippen LogP contribution in [0.4, 0.5) is 0 Å². The first-order chi connectivity index (χ1) is 6.69. The van der Waals surface area contributed by atoms with Gasteiger partial charge in [0.1, 0.15) is 0 Å². The van der Waals surface area contributed by atoms with Gasteiger partial charge in [-0.2, -0.15) is 0 Å². The first-order valence-corrected chi connectivity index (χ1v) is 5.60. The van der Waals surface area contributed by atoms with Crippen LogP contribution in [-0.2, 0) is 4.74 Å². The molecule has 4 heteroatoms. The molecule has 0 fully saturated rings. The van der Waals surface area contributed by atoms with Crippen LogP contribution in [0.1, 0.15) is 29.8 Å². The van der Waals surface area contributed by atoms with E-state index < -0.39 is 0 Å². The summed E-state index contributed by atoms with van der Waals surface area (Å²) in [5.74, 6) is 5.53. The summed E-state index contributed by atoms with van der Waals surface area (Å²) in [6.07, 6.45) is 1.11. The Morgan fingerprint density at radius 2 is 2.36 bits per heavy atom. The smallest absolute Gasteiger partial charge is 0.0561 e. The number of hydrazine groups is 1. The van der Waals surface area contributed by atoms with Crippen LogP contribution >= 0.6 is 11.3 Å². The van der Waals surface area contributed by atoms with Crippen molar-refractivity contribution in [2.75, 3.05) is 7.11 Å². The Morgan fingerprint density at radius 1 is 1.64 bits per heavy atom. The summed E-state index contributed by atoms with van der Waals surface area (Å²) in [5, 5.41) is 2.09. The standard InChI is InChI=1S/C10H18N2OS/c1-7(13-3)6-10(12-11)9-4-5-14-8(9)2/h4-5,7,10,12H,6,11H2,1-3H3. The Bertz CT molecular complexity index is 275. The molecule has 3 nitrogen and oxygen atoms in total. The third kappa shape index (κ3) is 2.78. The van der Waals surface area contributed by atoms with E-state index in [1.165, 1.54) is 10.4 Å². The molecule has 2 unspecified atom stereocenters. The summed E-state index contributed by atoms with van der Waals surface area (Å²) in [5.41, 5.74) is 4.12. The molecule has 0 bridgehead atoms. The summed E-state index contributed by atoms with van der Waals surface area (Å²) in [6.45, 7) is 4.16. The van der Waals surface area contributed by atoms with Crippen molar-refractivity contribution < 1.29 is 4.74 Å². The van der Waals surface area contributed by atoms with Gasteiger partial charge < -0.3 is 4.74 Å². The lowest BCUT2D eigenvalue weighted by molar-refractivity contribution is 0.100. The van der Waals surface area contributed by atoms with Crippen molar-refractivity contribution >= 4 is 11.3 Å². The topological polar surface area (TPSA) is 47.3 Å². The van der Waals surface area contributed by atoms with Crippen molar-refractivity contribution in [2.45, 2.75) is 32.4 Å². The second-order valence-corrected chi connectivity index (χ2v) is 4.55. The average molecular weight is 214 g/mol. The fraction of sp³-hybridized carbons (Fsp3) is 0.600. The van der Waals surface area contributed by atoms with E-state index in [-0.39, 0.29) is 12.1 Å². The third-order valence-corrected chi connectivity index (χ3v) is 3.31. The number of ether oxygens (including phenoxy) is 1. The minimum absolute atomic E-state index is 0.191. The number of aryl methyl sites for hydroxylation is 1. The molecule has 80 valence electrons. The van der Waals surface area contributed by atoms with E-state index in [0.717, 1.165) is 6.42 Å². The largest absolute Gasteiger partial charge is 0.382 e. The number of nitrogens with one attached hydrogen (secondary N) is 1. The molecule has 1 aromatic heterocycles. The SMILES string of the molecule is COC(C)CC(NN)c1ccsc1C. The highest BCUT2D eigenvalue weighted by molar-refractivity contribution is 7.10. The molecule has 0 aliphatic carbocycles. The number of nitrogens with two attached hydrogens (primary N) is 1. The number of thiophene rings is 1. The molecule has 3 N–H and O–H groups in total. The third-order valence-electron chi connectivity index (χ3n) is 2.45. The molecule has 0 saturated carbocycles. The second-order valence-electron chi connectivity index (χ2n) is 3.43. The molecule has 0 aromatic carbocycles. The van der Waals surface area contributed by atoms with E-state index in [9.17, 15) is 0 Å². The molecule has 1 rings (SSSR count). The van der Waals surface area contributed by atoms with Crippen LogP contribution < -0.4 is 11.3 Å². The van der Waals surface area contributed by atoms with Crippen LogP contribution in [0.15, 0.2) is 11.4 Å². The molecular formula is C10H18N2OS. The van der Waals surface area contributed by atoms with Crippen LogP contribution in [0.25, 0.3) is 0 Å². The van der Waals surface area contributed by atoms with Crippen LogP contribution in [0, 0.1) is 6.92 Å². The molecule has 0 aliphatic heterocycles. The van der Waals surface area contributed by atoms with Gasteiger partial charge in [-0.1, -0.05) is 0 Å². The van der Waals surface area contributed by atoms with E-state index >= 15 is 0 Å². The zero-order valence-corrected chi connectivity index (χ0v) is 9.73. The van der Waals surface area contributed by atoms with Gasteiger partial charge in [0.15, 0.2) is 0 Å². The fourth-order valence-electron chi connectivity index (χ4n) is 1.47. The van der Waals surface area contributed by atoms with Crippen LogP contribution in [0.5, 0.6) is 0 Å². The summed E-state index contributed by atoms with van der Waals surface area (Å²) in [6, 6.07) is 2.31. The van der Waals surface area contributed by atoms with Gasteiger partial charge in [0, 0.05) is 18.0 Å². The van der Waals surface area contributed by atoms with E-state index in [0.29, 0.717) is 0 Å². The van der Waals surface area contributed by atoms with Gasteiger partial charge in [0.05, 0.1) is 6.10 Å². The van der Waals surface area contributed by atoms with Crippen molar-refractivity contribution in [1.82, 2.24) is 5.43 Å². The maximum atomic E-state index is 5.53. The zero-order chi connectivity index (χ0) is 10.6. The quantitative estimate of drug-likeness (QED) is 0.582. The molecule has 0 saturated heterocycles. The Morgan fingerprint density at radius 3 is 2.79 bits per heavy atom. The molecule has 0 amide bonds. The summed E-state index contributed by atoms with van der Waals surface area (Å²) < 4.78 is 5.23. The molecule has 1 heterocycles. The second kappa shape index (κ2) is 5.46. The molecular weight excluding hydrogens is 196 g/mol. The van der Waals surface area contributed by atoms with Gasteiger partial charge in [-0.15, -0.1) is 11.3 Å². The van der Waals surface area contributed by atoms with Crippen molar-refractivity contribution in [2.24, 2.45) is 5.84 Å². The lowest BCUT2D eigenvalue weighted by Crippen LogP contribution is -2.30. The number of methoxy groups -OCH3 is 1. The molecule has 0 radical (unpaired) electrons. The molecule has 0 aliphatic rings. The number of hydrogen-bond donors (Lipinski definition) is 2. The summed E-state index contributed by atoms with van der Waals surface area (Å²) in [7, 11) is 1.72. The van der Waals surface area contributed by atoms with Crippen molar-refractivity contribution in [1.29, 1.82) is 0 Å². The van der Waals surface area contributed by atoms with E-state index in [4.69, 9.17) is 10.6 Å². The minimum atomic E-state index is 0.191. The first-order valence-electron chi connectivity index (χ1n) is 4.72. The predicted molar refractivity (Wildman–Crippen MR) is 60.2 cm³/mol. The summed E-state index contributed by atoms with van der Waals surface area (Å²) in [4.78, 5) is 1.32. The Labute approximate surface area is 89.2 Å². The van der Waals surface area contributed by atoms with E-state index in [1.807, 2.05) is 6.92 Å². The molecule has 2 atom stereocenters. The van der Waals surface area contributed by atoms with Crippen molar-refractivity contribution in [3.8, 4) is 0 Å². The van der Waals surface area contributed by atoms with Gasteiger partial charge in [-0.25, -0.2) is 0 Å².